The number of aryl methyl sites for hydroxylation is 1. The SMILES string of the molecule is NCCc1cn(CCCC(F)(F)F)c2cc(Cl)ccc12. The molecule has 0 aliphatic heterocycles. The minimum Gasteiger partial charge on any atom is -0.347 e. The zero-order chi connectivity index (χ0) is 14.8. The molecule has 2 aromatic rings. The van der Waals surface area contributed by atoms with Crippen LogP contribution in [0.1, 0.15) is 18.4 Å². The van der Waals surface area contributed by atoms with Crippen molar-refractivity contribution in [3.8, 4) is 0 Å². The number of hydrogen-bond acceptors (Lipinski definition) is 1. The number of halogens is 4. The van der Waals surface area contributed by atoms with Crippen LogP contribution in [0.2, 0.25) is 5.02 Å². The summed E-state index contributed by atoms with van der Waals surface area (Å²) in [6.07, 6.45) is -2.25. The lowest BCUT2D eigenvalue weighted by Gasteiger charge is -2.08. The third-order valence-corrected chi connectivity index (χ3v) is 3.43. The van der Waals surface area contributed by atoms with Crippen LogP contribution in [-0.2, 0) is 13.0 Å². The average Bonchev–Trinajstić information content (AvgIpc) is 2.66. The fraction of sp³-hybridized carbons (Fsp3) is 0.429. The van der Waals surface area contributed by atoms with Gasteiger partial charge in [-0.1, -0.05) is 17.7 Å². The molecule has 1 heterocycles. The third-order valence-electron chi connectivity index (χ3n) is 3.20. The molecule has 0 saturated heterocycles. The van der Waals surface area contributed by atoms with Crippen molar-refractivity contribution < 1.29 is 13.2 Å². The lowest BCUT2D eigenvalue weighted by atomic mass is 10.1. The van der Waals surface area contributed by atoms with E-state index in [0.717, 1.165) is 16.5 Å². The molecule has 0 radical (unpaired) electrons. The van der Waals surface area contributed by atoms with Crippen LogP contribution in [0.3, 0.4) is 0 Å². The number of hydrogen-bond donors (Lipinski definition) is 1. The highest BCUT2D eigenvalue weighted by Crippen LogP contribution is 2.27. The highest BCUT2D eigenvalue weighted by molar-refractivity contribution is 6.31. The molecule has 0 amide bonds. The molecule has 0 spiro atoms. The summed E-state index contributed by atoms with van der Waals surface area (Å²) >= 11 is 5.97. The summed E-state index contributed by atoms with van der Waals surface area (Å²) in [4.78, 5) is 0. The predicted molar refractivity (Wildman–Crippen MR) is 75.0 cm³/mol. The Balaban J connectivity index is 2.25. The first-order valence-electron chi connectivity index (χ1n) is 6.45. The Bertz CT molecular complexity index is 590. The van der Waals surface area contributed by atoms with Crippen LogP contribution in [0.15, 0.2) is 24.4 Å². The van der Waals surface area contributed by atoms with Gasteiger partial charge in [-0.2, -0.15) is 13.2 Å². The molecular weight excluding hydrogens is 289 g/mol. The van der Waals surface area contributed by atoms with Crippen molar-refractivity contribution in [1.82, 2.24) is 4.57 Å². The number of fused-ring (bicyclic) bond motifs is 1. The summed E-state index contributed by atoms with van der Waals surface area (Å²) in [7, 11) is 0. The summed E-state index contributed by atoms with van der Waals surface area (Å²) in [6.45, 7) is 0.825. The maximum atomic E-state index is 12.2. The van der Waals surface area contributed by atoms with Crippen molar-refractivity contribution in [2.75, 3.05) is 6.54 Å². The molecule has 0 aliphatic carbocycles. The number of nitrogens with zero attached hydrogens (tertiary/aromatic N) is 1. The molecule has 0 aliphatic rings. The molecule has 1 aromatic carbocycles. The Morgan fingerprint density at radius 1 is 1.25 bits per heavy atom. The van der Waals surface area contributed by atoms with Gasteiger partial charge in [-0.25, -0.2) is 0 Å². The van der Waals surface area contributed by atoms with Crippen LogP contribution in [0, 0.1) is 0 Å². The fourth-order valence-electron chi connectivity index (χ4n) is 2.33. The molecule has 0 bridgehead atoms. The lowest BCUT2D eigenvalue weighted by molar-refractivity contribution is -0.135. The van der Waals surface area contributed by atoms with Gasteiger partial charge < -0.3 is 10.3 Å². The van der Waals surface area contributed by atoms with Crippen molar-refractivity contribution in [3.63, 3.8) is 0 Å². The third kappa shape index (κ3) is 3.67. The van der Waals surface area contributed by atoms with Gasteiger partial charge >= 0.3 is 6.18 Å². The van der Waals surface area contributed by atoms with Crippen LogP contribution in [0.5, 0.6) is 0 Å². The topological polar surface area (TPSA) is 30.9 Å². The van der Waals surface area contributed by atoms with Gasteiger partial charge in [-0.05, 0) is 37.1 Å². The van der Waals surface area contributed by atoms with Crippen molar-refractivity contribution in [3.05, 3.63) is 35.0 Å². The summed E-state index contributed by atoms with van der Waals surface area (Å²) in [5.74, 6) is 0. The second kappa shape index (κ2) is 6.06. The molecule has 110 valence electrons. The fourth-order valence-corrected chi connectivity index (χ4v) is 2.50. The maximum absolute atomic E-state index is 12.2. The van der Waals surface area contributed by atoms with E-state index in [1.165, 1.54) is 0 Å². The van der Waals surface area contributed by atoms with Crippen LogP contribution in [0.4, 0.5) is 13.2 Å². The molecule has 0 fully saturated rings. The smallest absolute Gasteiger partial charge is 0.347 e. The molecule has 0 atom stereocenters. The van der Waals surface area contributed by atoms with Gasteiger partial charge in [0.25, 0.3) is 0 Å². The first-order valence-corrected chi connectivity index (χ1v) is 6.82. The van der Waals surface area contributed by atoms with Gasteiger partial charge in [0.15, 0.2) is 0 Å². The molecule has 20 heavy (non-hydrogen) atoms. The molecule has 2 nitrogen and oxygen atoms in total. The first-order chi connectivity index (χ1) is 9.40. The Labute approximate surface area is 120 Å². The van der Waals surface area contributed by atoms with Crippen LogP contribution >= 0.6 is 11.6 Å². The van der Waals surface area contributed by atoms with E-state index in [2.05, 4.69) is 0 Å². The largest absolute Gasteiger partial charge is 0.389 e. The highest BCUT2D eigenvalue weighted by Gasteiger charge is 2.26. The monoisotopic (exact) mass is 304 g/mol. The second-order valence-corrected chi connectivity index (χ2v) is 5.20. The maximum Gasteiger partial charge on any atom is 0.389 e. The van der Waals surface area contributed by atoms with Crippen LogP contribution in [0.25, 0.3) is 10.9 Å². The quantitative estimate of drug-likeness (QED) is 0.884. The zero-order valence-corrected chi connectivity index (χ0v) is 11.6. The molecule has 0 saturated carbocycles. The highest BCUT2D eigenvalue weighted by atomic mass is 35.5. The minimum atomic E-state index is -4.11. The normalized spacial score (nSPS) is 12.2. The van der Waals surface area contributed by atoms with E-state index < -0.39 is 12.6 Å². The Morgan fingerprint density at radius 2 is 2.00 bits per heavy atom. The van der Waals surface area contributed by atoms with Crippen molar-refractivity contribution in [2.24, 2.45) is 5.73 Å². The Hall–Kier alpha value is -1.20. The van der Waals surface area contributed by atoms with Gasteiger partial charge in [0, 0.05) is 35.1 Å². The number of alkyl halides is 3. The standard InChI is InChI=1S/C14H16ClF3N2/c15-11-2-3-12-10(4-6-19)9-20(13(12)8-11)7-1-5-14(16,17)18/h2-3,8-9H,1,4-7,19H2. The first kappa shape index (κ1) is 15.2. The van der Waals surface area contributed by atoms with E-state index >= 15 is 0 Å². The Kier molecular flexibility index (Phi) is 4.60. The van der Waals surface area contributed by atoms with Crippen molar-refractivity contribution >= 4 is 22.5 Å². The van der Waals surface area contributed by atoms with Gasteiger partial charge in [0.1, 0.15) is 0 Å². The van der Waals surface area contributed by atoms with E-state index in [4.69, 9.17) is 17.3 Å². The van der Waals surface area contributed by atoms with E-state index in [-0.39, 0.29) is 6.42 Å². The molecule has 2 rings (SSSR count). The average molecular weight is 305 g/mol. The van der Waals surface area contributed by atoms with Gasteiger partial charge in [0.05, 0.1) is 0 Å². The van der Waals surface area contributed by atoms with Crippen LogP contribution < -0.4 is 5.73 Å². The molecule has 0 unspecified atom stereocenters. The summed E-state index contributed by atoms with van der Waals surface area (Å²) in [5, 5.41) is 1.58. The second-order valence-electron chi connectivity index (χ2n) is 4.77. The van der Waals surface area contributed by atoms with E-state index in [1.54, 1.807) is 12.1 Å². The molecule has 6 heteroatoms. The van der Waals surface area contributed by atoms with E-state index in [0.29, 0.717) is 24.5 Å². The summed E-state index contributed by atoms with van der Waals surface area (Å²) < 4.78 is 38.5. The van der Waals surface area contributed by atoms with Crippen LogP contribution in [-0.4, -0.2) is 17.3 Å². The summed E-state index contributed by atoms with van der Waals surface area (Å²) in [6, 6.07) is 5.46. The van der Waals surface area contributed by atoms with E-state index in [9.17, 15) is 13.2 Å². The number of rotatable bonds is 5. The van der Waals surface area contributed by atoms with E-state index in [1.807, 2.05) is 16.8 Å². The number of benzene rings is 1. The number of nitrogens with two attached hydrogens (primary N) is 1. The zero-order valence-electron chi connectivity index (χ0n) is 10.9. The Morgan fingerprint density at radius 3 is 2.65 bits per heavy atom. The summed E-state index contributed by atoms with van der Waals surface area (Å²) in [5.41, 5.74) is 7.48. The van der Waals surface area contributed by atoms with Crippen molar-refractivity contribution in [2.45, 2.75) is 32.0 Å². The van der Waals surface area contributed by atoms with Gasteiger partial charge in [-0.3, -0.25) is 0 Å². The molecule has 1 aromatic heterocycles. The molecule has 2 N–H and O–H groups in total. The van der Waals surface area contributed by atoms with Gasteiger partial charge in [0.2, 0.25) is 0 Å². The predicted octanol–water partition coefficient (Wildman–Crippen LogP) is 4.14. The molecular formula is C14H16ClF3N2. The number of aromatic nitrogens is 1. The van der Waals surface area contributed by atoms with Crippen molar-refractivity contribution in [1.29, 1.82) is 0 Å². The minimum absolute atomic E-state index is 0.0574. The lowest BCUT2D eigenvalue weighted by Crippen LogP contribution is -2.09. The van der Waals surface area contributed by atoms with Gasteiger partial charge in [-0.15, -0.1) is 0 Å².